The van der Waals surface area contributed by atoms with Gasteiger partial charge in [-0.15, -0.1) is 0 Å². The van der Waals surface area contributed by atoms with Gasteiger partial charge in [0, 0.05) is 18.2 Å². The number of hydrogen-bond donors (Lipinski definition) is 1. The van der Waals surface area contributed by atoms with Crippen molar-refractivity contribution in [1.29, 1.82) is 0 Å². The van der Waals surface area contributed by atoms with Crippen LogP contribution in [0.5, 0.6) is 5.75 Å². The van der Waals surface area contributed by atoms with Gasteiger partial charge < -0.3 is 10.1 Å². The fourth-order valence-corrected chi connectivity index (χ4v) is 1.96. The second-order valence-electron chi connectivity index (χ2n) is 4.44. The topological polar surface area (TPSA) is 81.5 Å². The van der Waals surface area contributed by atoms with E-state index in [0.29, 0.717) is 5.56 Å². The predicted molar refractivity (Wildman–Crippen MR) is 77.3 cm³/mol. The van der Waals surface area contributed by atoms with Crippen LogP contribution in [0.2, 0.25) is 0 Å². The quantitative estimate of drug-likeness (QED) is 0.654. The van der Waals surface area contributed by atoms with E-state index < -0.39 is 17.4 Å². The van der Waals surface area contributed by atoms with Crippen LogP contribution >= 0.6 is 0 Å². The molecule has 0 unspecified atom stereocenters. The summed E-state index contributed by atoms with van der Waals surface area (Å²) in [4.78, 5) is 22.3. The Morgan fingerprint density at radius 3 is 2.52 bits per heavy atom. The first-order valence-electron chi connectivity index (χ1n) is 6.53. The van der Waals surface area contributed by atoms with Gasteiger partial charge in [-0.3, -0.25) is 14.9 Å². The molecule has 0 saturated heterocycles. The number of amides is 1. The van der Waals surface area contributed by atoms with Crippen molar-refractivity contribution >= 4 is 11.6 Å². The Hall–Kier alpha value is -3.03. The lowest BCUT2D eigenvalue weighted by molar-refractivity contribution is -0.385. The second kappa shape index (κ2) is 7.30. The average Bonchev–Trinajstić information content (AvgIpc) is 2.53. The van der Waals surface area contributed by atoms with Crippen molar-refractivity contribution in [3.63, 3.8) is 0 Å². The first kappa shape index (κ1) is 16.3. The second-order valence-corrected chi connectivity index (χ2v) is 4.44. The minimum Gasteiger partial charge on any atom is -0.434 e. The highest BCUT2D eigenvalue weighted by molar-refractivity contribution is 5.98. The van der Waals surface area contributed by atoms with E-state index in [-0.39, 0.29) is 23.5 Å². The fraction of sp³-hybridized carbons (Fsp3) is 0.133. The van der Waals surface area contributed by atoms with Crippen LogP contribution in [0.25, 0.3) is 0 Å². The third kappa shape index (κ3) is 4.22. The van der Waals surface area contributed by atoms with Gasteiger partial charge in [0.25, 0.3) is 11.6 Å². The number of nitrogens with one attached hydrogen (secondary N) is 1. The van der Waals surface area contributed by atoms with Gasteiger partial charge in [0.15, 0.2) is 0 Å². The Balaban J connectivity index is 2.13. The predicted octanol–water partition coefficient (Wildman–Crippen LogP) is 3.13. The number of nitro groups is 1. The van der Waals surface area contributed by atoms with Gasteiger partial charge >= 0.3 is 6.61 Å². The zero-order chi connectivity index (χ0) is 16.8. The number of hydrogen-bond acceptors (Lipinski definition) is 4. The molecule has 2 aromatic rings. The molecular formula is C15H12F2N2O4. The summed E-state index contributed by atoms with van der Waals surface area (Å²) in [6, 6.07) is 11.4. The van der Waals surface area contributed by atoms with Crippen molar-refractivity contribution in [2.45, 2.75) is 13.2 Å². The average molecular weight is 322 g/mol. The number of alkyl halides is 2. The van der Waals surface area contributed by atoms with Crippen molar-refractivity contribution in [1.82, 2.24) is 5.32 Å². The molecule has 0 aliphatic rings. The maximum absolute atomic E-state index is 12.3. The molecule has 0 radical (unpaired) electrons. The molecule has 8 heteroatoms. The SMILES string of the molecule is O=C(NCc1ccccc1OC(F)F)c1ccccc1[N+](=O)[O-]. The molecule has 0 aliphatic heterocycles. The van der Waals surface area contributed by atoms with Gasteiger partial charge in [0.1, 0.15) is 11.3 Å². The van der Waals surface area contributed by atoms with Crippen LogP contribution in [0.1, 0.15) is 15.9 Å². The molecule has 0 atom stereocenters. The Kier molecular flexibility index (Phi) is 5.19. The molecular weight excluding hydrogens is 310 g/mol. The summed E-state index contributed by atoms with van der Waals surface area (Å²) in [5, 5.41) is 13.4. The summed E-state index contributed by atoms with van der Waals surface area (Å²) >= 11 is 0. The van der Waals surface area contributed by atoms with Crippen LogP contribution < -0.4 is 10.1 Å². The highest BCUT2D eigenvalue weighted by Crippen LogP contribution is 2.21. The van der Waals surface area contributed by atoms with E-state index in [2.05, 4.69) is 10.1 Å². The number of ether oxygens (including phenoxy) is 1. The molecule has 0 saturated carbocycles. The molecule has 0 fully saturated rings. The number of para-hydroxylation sites is 2. The zero-order valence-corrected chi connectivity index (χ0v) is 11.7. The highest BCUT2D eigenvalue weighted by Gasteiger charge is 2.19. The number of benzene rings is 2. The van der Waals surface area contributed by atoms with E-state index in [1.54, 1.807) is 6.07 Å². The van der Waals surface area contributed by atoms with E-state index in [0.717, 1.165) is 0 Å². The summed E-state index contributed by atoms with van der Waals surface area (Å²) in [7, 11) is 0. The van der Waals surface area contributed by atoms with Gasteiger partial charge in [0.05, 0.1) is 4.92 Å². The van der Waals surface area contributed by atoms with Gasteiger partial charge in [-0.05, 0) is 12.1 Å². The Bertz CT molecular complexity index is 722. The minimum atomic E-state index is -2.98. The number of halogens is 2. The fourth-order valence-electron chi connectivity index (χ4n) is 1.96. The molecule has 23 heavy (non-hydrogen) atoms. The lowest BCUT2D eigenvalue weighted by Gasteiger charge is -2.11. The van der Waals surface area contributed by atoms with Crippen LogP contribution in [0.4, 0.5) is 14.5 Å². The van der Waals surface area contributed by atoms with E-state index in [1.807, 2.05) is 0 Å². The van der Waals surface area contributed by atoms with Crippen LogP contribution in [0, 0.1) is 10.1 Å². The molecule has 2 aromatic carbocycles. The molecule has 0 spiro atoms. The van der Waals surface area contributed by atoms with Crippen molar-refractivity contribution in [3.8, 4) is 5.75 Å². The standard InChI is InChI=1S/C15H12F2N2O4/c16-15(17)23-13-8-4-1-5-10(13)9-18-14(20)11-6-2-3-7-12(11)19(21)22/h1-8,15H,9H2,(H,18,20). The van der Waals surface area contributed by atoms with Crippen LogP contribution in [0.15, 0.2) is 48.5 Å². The van der Waals surface area contributed by atoms with Crippen LogP contribution in [0.3, 0.4) is 0 Å². The number of rotatable bonds is 6. The molecule has 1 N–H and O–H groups in total. The van der Waals surface area contributed by atoms with Crippen LogP contribution in [-0.4, -0.2) is 17.4 Å². The molecule has 0 aromatic heterocycles. The summed E-state index contributed by atoms with van der Waals surface area (Å²) in [6.07, 6.45) is 0. The number of nitro benzene ring substituents is 1. The Labute approximate surface area is 129 Å². The van der Waals surface area contributed by atoms with Crippen molar-refractivity contribution in [2.24, 2.45) is 0 Å². The maximum Gasteiger partial charge on any atom is 0.387 e. The molecule has 120 valence electrons. The highest BCUT2D eigenvalue weighted by atomic mass is 19.3. The third-order valence-corrected chi connectivity index (χ3v) is 2.97. The first-order valence-corrected chi connectivity index (χ1v) is 6.53. The van der Waals surface area contributed by atoms with Crippen molar-refractivity contribution in [2.75, 3.05) is 0 Å². The molecule has 1 amide bonds. The molecule has 0 bridgehead atoms. The van der Waals surface area contributed by atoms with Gasteiger partial charge in [-0.1, -0.05) is 30.3 Å². The lowest BCUT2D eigenvalue weighted by atomic mass is 10.1. The third-order valence-electron chi connectivity index (χ3n) is 2.97. The molecule has 0 heterocycles. The normalized spacial score (nSPS) is 10.4. The number of nitrogens with zero attached hydrogens (tertiary/aromatic N) is 1. The Morgan fingerprint density at radius 2 is 1.83 bits per heavy atom. The van der Waals surface area contributed by atoms with E-state index >= 15 is 0 Å². The van der Waals surface area contributed by atoms with Crippen molar-refractivity contribution < 1.29 is 23.2 Å². The summed E-state index contributed by atoms with van der Waals surface area (Å²) in [6.45, 7) is -3.09. The number of carbonyl (C=O) groups is 1. The van der Waals surface area contributed by atoms with E-state index in [4.69, 9.17) is 0 Å². The van der Waals surface area contributed by atoms with Crippen LogP contribution in [-0.2, 0) is 6.54 Å². The minimum absolute atomic E-state index is 0.0645. The molecule has 2 rings (SSSR count). The largest absolute Gasteiger partial charge is 0.434 e. The van der Waals surface area contributed by atoms with Gasteiger partial charge in [-0.25, -0.2) is 0 Å². The first-order chi connectivity index (χ1) is 11.0. The molecule has 0 aliphatic carbocycles. The monoisotopic (exact) mass is 322 g/mol. The summed E-state index contributed by atoms with van der Waals surface area (Å²) in [5.74, 6) is -0.741. The van der Waals surface area contributed by atoms with Gasteiger partial charge in [0.2, 0.25) is 0 Å². The number of carbonyl (C=O) groups excluding carboxylic acids is 1. The zero-order valence-electron chi connectivity index (χ0n) is 11.7. The summed E-state index contributed by atoms with van der Waals surface area (Å²) < 4.78 is 29.0. The van der Waals surface area contributed by atoms with Crippen molar-refractivity contribution in [3.05, 3.63) is 69.8 Å². The lowest BCUT2D eigenvalue weighted by Crippen LogP contribution is -2.24. The summed E-state index contributed by atoms with van der Waals surface area (Å²) in [5.41, 5.74) is -0.105. The van der Waals surface area contributed by atoms with Gasteiger partial charge in [-0.2, -0.15) is 8.78 Å². The molecule has 6 nitrogen and oxygen atoms in total. The maximum atomic E-state index is 12.3. The smallest absolute Gasteiger partial charge is 0.387 e. The Morgan fingerprint density at radius 1 is 1.17 bits per heavy atom. The van der Waals surface area contributed by atoms with E-state index in [1.165, 1.54) is 42.5 Å². The van der Waals surface area contributed by atoms with E-state index in [9.17, 15) is 23.7 Å².